The summed E-state index contributed by atoms with van der Waals surface area (Å²) in [5.41, 5.74) is 2.81. The van der Waals surface area contributed by atoms with E-state index in [1.165, 1.54) is 0 Å². The number of carbonyl (C=O) groups is 1. The molecule has 4 heterocycles. The lowest BCUT2D eigenvalue weighted by Gasteiger charge is -2.31. The van der Waals surface area contributed by atoms with Gasteiger partial charge in [0.15, 0.2) is 5.72 Å². The highest BCUT2D eigenvalue weighted by Crippen LogP contribution is 2.46. The number of likely N-dealkylation sites (tertiary alicyclic amines) is 1. The molecule has 3 fully saturated rings. The number of amides is 1. The van der Waals surface area contributed by atoms with E-state index in [1.54, 1.807) is 0 Å². The quantitative estimate of drug-likeness (QED) is 0.914. The van der Waals surface area contributed by atoms with E-state index in [-0.39, 0.29) is 17.7 Å². The van der Waals surface area contributed by atoms with Crippen molar-refractivity contribution >= 4 is 17.5 Å². The number of carbonyl (C=O) groups excluding carboxylic acids is 1. The van der Waals surface area contributed by atoms with Crippen molar-refractivity contribution in [1.29, 1.82) is 0 Å². The molecular weight excluding hydrogens is 340 g/mol. The molecule has 25 heavy (non-hydrogen) atoms. The minimum atomic E-state index is -0.388. The van der Waals surface area contributed by atoms with Crippen molar-refractivity contribution in [2.75, 3.05) is 19.7 Å². The molecule has 7 heteroatoms. The van der Waals surface area contributed by atoms with Crippen LogP contribution in [0.15, 0.2) is 30.5 Å². The fourth-order valence-corrected chi connectivity index (χ4v) is 4.71. The largest absolute Gasteiger partial charge is 0.352 e. The second-order valence-electron chi connectivity index (χ2n) is 6.96. The molecule has 3 aliphatic rings. The number of benzene rings is 1. The van der Waals surface area contributed by atoms with Gasteiger partial charge in [-0.1, -0.05) is 23.7 Å². The van der Waals surface area contributed by atoms with Crippen molar-refractivity contribution in [3.05, 3.63) is 41.0 Å². The average molecular weight is 359 g/mol. The Bertz CT molecular complexity index is 821. The van der Waals surface area contributed by atoms with Crippen LogP contribution in [0.25, 0.3) is 11.3 Å². The first-order valence-corrected chi connectivity index (χ1v) is 9.02. The Kier molecular flexibility index (Phi) is 3.42. The van der Waals surface area contributed by atoms with Crippen LogP contribution in [0.1, 0.15) is 18.4 Å². The third kappa shape index (κ3) is 2.25. The number of hydrogen-bond acceptors (Lipinski definition) is 4. The second-order valence-corrected chi connectivity index (χ2v) is 7.39. The summed E-state index contributed by atoms with van der Waals surface area (Å²) >= 11 is 5.99. The zero-order valence-electron chi connectivity index (χ0n) is 13.7. The predicted molar refractivity (Wildman–Crippen MR) is 92.9 cm³/mol. The lowest BCUT2D eigenvalue weighted by atomic mass is 10.0. The highest BCUT2D eigenvalue weighted by molar-refractivity contribution is 6.30. The molecule has 0 bridgehead atoms. The number of nitrogens with one attached hydrogen (secondary N) is 1. The predicted octanol–water partition coefficient (Wildman–Crippen LogP) is 2.26. The highest BCUT2D eigenvalue weighted by Gasteiger charge is 2.61. The molecule has 2 atom stereocenters. The number of H-pyrrole nitrogens is 1. The van der Waals surface area contributed by atoms with Crippen molar-refractivity contribution in [3.8, 4) is 11.3 Å². The Morgan fingerprint density at radius 2 is 2.16 bits per heavy atom. The van der Waals surface area contributed by atoms with Crippen LogP contribution in [0.3, 0.4) is 0 Å². The molecule has 3 saturated heterocycles. The second kappa shape index (κ2) is 5.56. The van der Waals surface area contributed by atoms with Gasteiger partial charge in [0, 0.05) is 43.1 Å². The summed E-state index contributed by atoms with van der Waals surface area (Å²) in [7, 11) is 0. The Hall–Kier alpha value is -1.89. The first kappa shape index (κ1) is 15.4. The summed E-state index contributed by atoms with van der Waals surface area (Å²) in [4.78, 5) is 16.6. The van der Waals surface area contributed by atoms with Gasteiger partial charge in [-0.2, -0.15) is 5.10 Å². The lowest BCUT2D eigenvalue weighted by molar-refractivity contribution is -0.136. The van der Waals surface area contributed by atoms with Gasteiger partial charge >= 0.3 is 0 Å². The molecule has 3 aliphatic heterocycles. The van der Waals surface area contributed by atoms with E-state index < -0.39 is 0 Å². The fraction of sp³-hybridized carbons (Fsp3) is 0.444. The summed E-state index contributed by atoms with van der Waals surface area (Å²) in [6.07, 6.45) is 3.31. The molecule has 5 rings (SSSR count). The number of hydrogen-bond donors (Lipinski definition) is 1. The Morgan fingerprint density at radius 1 is 1.32 bits per heavy atom. The number of rotatable bonds is 3. The van der Waals surface area contributed by atoms with Crippen molar-refractivity contribution in [3.63, 3.8) is 0 Å². The highest BCUT2D eigenvalue weighted by atomic mass is 35.5. The first-order valence-electron chi connectivity index (χ1n) is 8.64. The summed E-state index contributed by atoms with van der Waals surface area (Å²) < 4.78 is 6.06. The van der Waals surface area contributed by atoms with E-state index in [0.29, 0.717) is 18.1 Å². The van der Waals surface area contributed by atoms with Crippen molar-refractivity contribution in [2.24, 2.45) is 0 Å². The van der Waals surface area contributed by atoms with Gasteiger partial charge in [-0.05, 0) is 17.7 Å². The smallest absolute Gasteiger partial charge is 0.226 e. The summed E-state index contributed by atoms with van der Waals surface area (Å²) in [5.74, 6) is 0.220. The van der Waals surface area contributed by atoms with Crippen LogP contribution in [0.4, 0.5) is 0 Å². The van der Waals surface area contributed by atoms with E-state index in [0.717, 1.165) is 42.9 Å². The topological polar surface area (TPSA) is 61.5 Å². The van der Waals surface area contributed by atoms with Gasteiger partial charge in [-0.15, -0.1) is 0 Å². The molecule has 1 aromatic heterocycles. The van der Waals surface area contributed by atoms with E-state index in [1.807, 2.05) is 35.4 Å². The number of halogens is 1. The van der Waals surface area contributed by atoms with E-state index in [2.05, 4.69) is 15.1 Å². The molecule has 0 radical (unpaired) electrons. The minimum Gasteiger partial charge on any atom is -0.352 e. The SMILES string of the molecule is O=C1C[C@H]2N(Cc3cn[nH]c3-c3ccc(Cl)cc3)CC[C@]23OCCN13. The van der Waals surface area contributed by atoms with E-state index in [9.17, 15) is 4.79 Å². The maximum absolute atomic E-state index is 12.3. The van der Waals surface area contributed by atoms with Crippen molar-refractivity contribution in [1.82, 2.24) is 20.0 Å². The molecule has 1 amide bonds. The minimum absolute atomic E-state index is 0.135. The normalized spacial score (nSPS) is 28.6. The molecule has 1 aromatic carbocycles. The van der Waals surface area contributed by atoms with Crippen LogP contribution in [-0.4, -0.2) is 57.4 Å². The molecule has 2 aromatic rings. The maximum Gasteiger partial charge on any atom is 0.226 e. The number of ether oxygens (including phenoxy) is 1. The molecule has 130 valence electrons. The average Bonchev–Trinajstić information content (AvgIpc) is 3.34. The van der Waals surface area contributed by atoms with E-state index >= 15 is 0 Å². The van der Waals surface area contributed by atoms with Crippen LogP contribution in [0.5, 0.6) is 0 Å². The molecule has 1 N–H and O–H groups in total. The molecule has 0 aliphatic carbocycles. The fourth-order valence-electron chi connectivity index (χ4n) is 4.58. The summed E-state index contributed by atoms with van der Waals surface area (Å²) in [6, 6.07) is 7.88. The van der Waals surface area contributed by atoms with Crippen LogP contribution in [0, 0.1) is 0 Å². The third-order valence-electron chi connectivity index (χ3n) is 5.74. The van der Waals surface area contributed by atoms with Crippen molar-refractivity contribution < 1.29 is 9.53 Å². The van der Waals surface area contributed by atoms with Gasteiger partial charge in [-0.3, -0.25) is 14.8 Å². The van der Waals surface area contributed by atoms with Crippen molar-refractivity contribution in [2.45, 2.75) is 31.2 Å². The van der Waals surface area contributed by atoms with Crippen LogP contribution in [0.2, 0.25) is 5.02 Å². The zero-order valence-corrected chi connectivity index (χ0v) is 14.5. The van der Waals surface area contributed by atoms with Gasteiger partial charge in [-0.25, -0.2) is 0 Å². The van der Waals surface area contributed by atoms with Gasteiger partial charge in [0.25, 0.3) is 0 Å². The lowest BCUT2D eigenvalue weighted by Crippen LogP contribution is -2.47. The number of aromatic amines is 1. The van der Waals surface area contributed by atoms with Crippen LogP contribution in [-0.2, 0) is 16.1 Å². The van der Waals surface area contributed by atoms with Gasteiger partial charge in [0.1, 0.15) is 0 Å². The standard InChI is InChI=1S/C18H19ClN4O2/c19-14-3-1-12(2-4-14)17-13(10-20-21-17)11-22-6-5-18-15(22)9-16(24)23(18)7-8-25-18/h1-4,10,15H,5-9,11H2,(H,20,21)/t15-,18+/m1/s1. The Morgan fingerprint density at radius 3 is 3.00 bits per heavy atom. The molecule has 0 unspecified atom stereocenters. The van der Waals surface area contributed by atoms with Gasteiger partial charge in [0.05, 0.1) is 24.5 Å². The van der Waals surface area contributed by atoms with Gasteiger partial charge < -0.3 is 9.64 Å². The first-order chi connectivity index (χ1) is 12.2. The Balaban J connectivity index is 1.41. The van der Waals surface area contributed by atoms with Crippen LogP contribution < -0.4 is 0 Å². The molecule has 6 nitrogen and oxygen atoms in total. The van der Waals surface area contributed by atoms with Gasteiger partial charge in [0.2, 0.25) is 5.91 Å². The maximum atomic E-state index is 12.3. The summed E-state index contributed by atoms with van der Waals surface area (Å²) in [5, 5.41) is 8.05. The Labute approximate surface area is 150 Å². The third-order valence-corrected chi connectivity index (χ3v) is 5.99. The number of aromatic nitrogens is 2. The monoisotopic (exact) mass is 358 g/mol. The molecular formula is C18H19ClN4O2. The zero-order chi connectivity index (χ0) is 17.0. The van der Waals surface area contributed by atoms with E-state index in [4.69, 9.17) is 16.3 Å². The number of nitrogens with zero attached hydrogens (tertiary/aromatic N) is 3. The molecule has 0 saturated carbocycles. The molecule has 1 spiro atoms. The van der Waals surface area contributed by atoms with Crippen LogP contribution >= 0.6 is 11.6 Å². The summed E-state index contributed by atoms with van der Waals surface area (Å²) in [6.45, 7) is 3.06.